The van der Waals surface area contributed by atoms with E-state index in [1.165, 1.54) is 19.3 Å². The van der Waals surface area contributed by atoms with Gasteiger partial charge < -0.3 is 14.4 Å². The van der Waals surface area contributed by atoms with Gasteiger partial charge in [-0.1, -0.05) is 6.92 Å². The van der Waals surface area contributed by atoms with Gasteiger partial charge in [-0.2, -0.15) is 0 Å². The summed E-state index contributed by atoms with van der Waals surface area (Å²) in [5, 5.41) is 0. The first-order valence-corrected chi connectivity index (χ1v) is 11.7. The van der Waals surface area contributed by atoms with E-state index in [4.69, 9.17) is 9.47 Å². The fourth-order valence-corrected chi connectivity index (χ4v) is 7.03. The van der Waals surface area contributed by atoms with Crippen LogP contribution in [0.5, 0.6) is 0 Å². The predicted octanol–water partition coefficient (Wildman–Crippen LogP) is 2.13. The molecule has 3 saturated heterocycles. The molecular formula is C23H32N4O3. The van der Waals surface area contributed by atoms with E-state index in [2.05, 4.69) is 26.7 Å². The van der Waals surface area contributed by atoms with Crippen LogP contribution in [-0.2, 0) is 14.3 Å². The molecule has 7 nitrogen and oxygen atoms in total. The number of epoxide rings is 1. The van der Waals surface area contributed by atoms with E-state index < -0.39 is 0 Å². The molecule has 0 radical (unpaired) electrons. The van der Waals surface area contributed by atoms with Gasteiger partial charge in [0.05, 0.1) is 18.1 Å². The molecule has 162 valence electrons. The zero-order valence-electron chi connectivity index (χ0n) is 17.8. The maximum atomic E-state index is 12.9. The summed E-state index contributed by atoms with van der Waals surface area (Å²) in [6, 6.07) is 1.85. The molecule has 0 unspecified atom stereocenters. The van der Waals surface area contributed by atoms with E-state index in [9.17, 15) is 4.79 Å². The zero-order chi connectivity index (χ0) is 20.3. The average Bonchev–Trinajstić information content (AvgIpc) is 3.46. The van der Waals surface area contributed by atoms with Crippen molar-refractivity contribution in [1.29, 1.82) is 0 Å². The molecule has 6 rings (SSSR count). The number of nitrogens with zero attached hydrogens (tertiary/aromatic N) is 4. The molecule has 0 amide bonds. The number of carbonyl (C=O) groups is 1. The third-order valence-electron chi connectivity index (χ3n) is 8.74. The van der Waals surface area contributed by atoms with Crippen LogP contribution in [0, 0.1) is 23.2 Å². The van der Waals surface area contributed by atoms with Crippen molar-refractivity contribution in [2.75, 3.05) is 44.2 Å². The molecule has 5 aliphatic rings. The Bertz CT molecular complexity index is 808. The summed E-state index contributed by atoms with van der Waals surface area (Å²) in [4.78, 5) is 26.3. The molecule has 2 aliphatic carbocycles. The van der Waals surface area contributed by atoms with Gasteiger partial charge in [0, 0.05) is 51.0 Å². The molecule has 0 aromatic carbocycles. The van der Waals surface area contributed by atoms with Crippen LogP contribution in [0.15, 0.2) is 18.5 Å². The minimum absolute atomic E-state index is 0.0109. The van der Waals surface area contributed by atoms with E-state index in [0.29, 0.717) is 11.8 Å². The molecule has 7 heteroatoms. The van der Waals surface area contributed by atoms with Gasteiger partial charge in [-0.15, -0.1) is 0 Å². The minimum Gasteiger partial charge on any atom is -0.462 e. The lowest BCUT2D eigenvalue weighted by atomic mass is 9.53. The summed E-state index contributed by atoms with van der Waals surface area (Å²) in [5.41, 5.74) is 0.391. The van der Waals surface area contributed by atoms with Gasteiger partial charge >= 0.3 is 5.97 Å². The first-order chi connectivity index (χ1) is 14.6. The van der Waals surface area contributed by atoms with Crippen LogP contribution in [-0.4, -0.2) is 71.9 Å². The second-order valence-corrected chi connectivity index (χ2v) is 10.4. The van der Waals surface area contributed by atoms with Crippen LogP contribution in [0.2, 0.25) is 0 Å². The van der Waals surface area contributed by atoms with Crippen LogP contribution >= 0.6 is 0 Å². The summed E-state index contributed by atoms with van der Waals surface area (Å²) >= 11 is 0. The summed E-state index contributed by atoms with van der Waals surface area (Å²) in [7, 11) is 0. The van der Waals surface area contributed by atoms with Gasteiger partial charge in [0.2, 0.25) is 5.95 Å². The van der Waals surface area contributed by atoms with Crippen molar-refractivity contribution in [3.8, 4) is 0 Å². The van der Waals surface area contributed by atoms with E-state index in [0.717, 1.165) is 58.1 Å². The maximum Gasteiger partial charge on any atom is 0.310 e. The summed E-state index contributed by atoms with van der Waals surface area (Å²) in [5.74, 6) is 1.79. The lowest BCUT2D eigenvalue weighted by Gasteiger charge is -2.51. The number of esters is 1. The lowest BCUT2D eigenvalue weighted by molar-refractivity contribution is -0.147. The van der Waals surface area contributed by atoms with Crippen molar-refractivity contribution in [1.82, 2.24) is 14.9 Å². The van der Waals surface area contributed by atoms with Gasteiger partial charge in [-0.05, 0) is 49.5 Å². The molecule has 1 aromatic heterocycles. The van der Waals surface area contributed by atoms with Gasteiger partial charge in [0.1, 0.15) is 6.10 Å². The Morgan fingerprint density at radius 2 is 1.93 bits per heavy atom. The number of carbonyl (C=O) groups excluding carboxylic acids is 1. The lowest BCUT2D eigenvalue weighted by Crippen LogP contribution is -2.52. The van der Waals surface area contributed by atoms with Gasteiger partial charge in [-0.25, -0.2) is 9.97 Å². The monoisotopic (exact) mass is 412 g/mol. The molecule has 0 bridgehead atoms. The molecule has 2 saturated carbocycles. The molecule has 30 heavy (non-hydrogen) atoms. The van der Waals surface area contributed by atoms with Gasteiger partial charge in [-0.3, -0.25) is 9.69 Å². The van der Waals surface area contributed by atoms with E-state index in [-0.39, 0.29) is 29.0 Å². The largest absolute Gasteiger partial charge is 0.462 e. The van der Waals surface area contributed by atoms with Crippen LogP contribution in [0.4, 0.5) is 5.95 Å². The summed E-state index contributed by atoms with van der Waals surface area (Å²) in [6.45, 7) is 7.84. The van der Waals surface area contributed by atoms with Crippen molar-refractivity contribution in [3.05, 3.63) is 18.5 Å². The summed E-state index contributed by atoms with van der Waals surface area (Å²) in [6.07, 6.45) is 9.51. The van der Waals surface area contributed by atoms with Gasteiger partial charge in [0.25, 0.3) is 0 Å². The molecule has 1 spiro atoms. The quantitative estimate of drug-likeness (QED) is 0.556. The third-order valence-corrected chi connectivity index (χ3v) is 8.74. The smallest absolute Gasteiger partial charge is 0.310 e. The Labute approximate surface area is 178 Å². The molecule has 0 N–H and O–H groups in total. The van der Waals surface area contributed by atoms with Crippen LogP contribution in [0.3, 0.4) is 0 Å². The van der Waals surface area contributed by atoms with E-state index in [1.807, 2.05) is 6.07 Å². The molecule has 4 heterocycles. The molecule has 3 aliphatic heterocycles. The Morgan fingerprint density at radius 1 is 1.17 bits per heavy atom. The third kappa shape index (κ3) is 3.04. The Hall–Kier alpha value is -1.73. The van der Waals surface area contributed by atoms with Gasteiger partial charge in [0.15, 0.2) is 0 Å². The highest BCUT2D eigenvalue weighted by Crippen LogP contribution is 2.62. The van der Waals surface area contributed by atoms with E-state index in [1.54, 1.807) is 12.4 Å². The van der Waals surface area contributed by atoms with Crippen molar-refractivity contribution in [3.63, 3.8) is 0 Å². The average molecular weight is 413 g/mol. The standard InChI is InChI=1S/C23H32N4O3/c1-22-4-2-5-23(15-29-23)19(22)12-16-17(20(28)30-18(16)13-22)14-26-8-10-27(11-9-26)21-24-6-3-7-25-21/h3,6-7,16-19H,2,4-5,8-15H2,1H3/t16-,17+,18-,19-,22-,23+/m1/s1. The van der Waals surface area contributed by atoms with Crippen molar-refractivity contribution >= 4 is 11.9 Å². The number of hydrogen-bond acceptors (Lipinski definition) is 7. The predicted molar refractivity (Wildman–Crippen MR) is 111 cm³/mol. The first kappa shape index (κ1) is 19.0. The second-order valence-electron chi connectivity index (χ2n) is 10.4. The highest BCUT2D eigenvalue weighted by atomic mass is 16.6. The fourth-order valence-electron chi connectivity index (χ4n) is 7.03. The minimum atomic E-state index is 0.0109. The molecular weight excluding hydrogens is 380 g/mol. The number of hydrogen-bond donors (Lipinski definition) is 0. The van der Waals surface area contributed by atoms with Crippen LogP contribution in [0.1, 0.15) is 39.0 Å². The first-order valence-electron chi connectivity index (χ1n) is 11.7. The Balaban J connectivity index is 1.12. The SMILES string of the molecule is C[C@]12CCC[C@]3(CO3)[C@@H]1C[C@@H]1[C@H](CN3CCN(c4ncccn4)CC3)C(=O)O[C@@H]1C2. The number of anilines is 1. The normalized spacial score (nSPS) is 43.2. The van der Waals surface area contributed by atoms with Crippen molar-refractivity contribution < 1.29 is 14.3 Å². The molecule has 5 fully saturated rings. The van der Waals surface area contributed by atoms with Crippen LogP contribution < -0.4 is 4.90 Å². The number of fused-ring (bicyclic) bond motifs is 3. The van der Waals surface area contributed by atoms with E-state index >= 15 is 0 Å². The topological polar surface area (TPSA) is 71.1 Å². The number of ether oxygens (including phenoxy) is 2. The highest BCUT2D eigenvalue weighted by molar-refractivity contribution is 5.75. The molecule has 1 aromatic rings. The Morgan fingerprint density at radius 3 is 2.67 bits per heavy atom. The second kappa shape index (κ2) is 6.89. The van der Waals surface area contributed by atoms with Crippen LogP contribution in [0.25, 0.3) is 0 Å². The maximum absolute atomic E-state index is 12.9. The zero-order valence-corrected chi connectivity index (χ0v) is 17.8. The highest BCUT2D eigenvalue weighted by Gasteiger charge is 2.65. The number of aromatic nitrogens is 2. The van der Waals surface area contributed by atoms with Crippen molar-refractivity contribution in [2.45, 2.75) is 50.7 Å². The Kier molecular flexibility index (Phi) is 4.36. The fraction of sp³-hybridized carbons (Fsp3) is 0.783. The summed E-state index contributed by atoms with van der Waals surface area (Å²) < 4.78 is 12.0. The number of piperazine rings is 1. The van der Waals surface area contributed by atoms with Crippen molar-refractivity contribution in [2.24, 2.45) is 23.2 Å². The molecule has 6 atom stereocenters. The number of rotatable bonds is 3.